The van der Waals surface area contributed by atoms with Gasteiger partial charge in [-0.25, -0.2) is 4.98 Å². The molecule has 1 aliphatic carbocycles. The molecule has 2 heterocycles. The predicted octanol–water partition coefficient (Wildman–Crippen LogP) is 3.02. The summed E-state index contributed by atoms with van der Waals surface area (Å²) in [6.07, 6.45) is 4.21. The quantitative estimate of drug-likeness (QED) is 0.910. The number of anilines is 1. The molecule has 2 bridgehead atoms. The molecule has 0 radical (unpaired) electrons. The van der Waals surface area contributed by atoms with E-state index in [2.05, 4.69) is 36.4 Å². The number of aromatic nitrogens is 1. The zero-order chi connectivity index (χ0) is 12.8. The van der Waals surface area contributed by atoms with E-state index in [0.29, 0.717) is 0 Å². The summed E-state index contributed by atoms with van der Waals surface area (Å²) in [7, 11) is 0. The van der Waals surface area contributed by atoms with E-state index in [1.807, 2.05) is 11.3 Å². The standard InChI is InChI=1S/C14H23N3S/c1-14(2,3)15-7-11-9-18-13(16-11)17-8-10-4-5-12(17)6-10/h9-10,12,15H,4-8H2,1-3H3. The van der Waals surface area contributed by atoms with E-state index in [4.69, 9.17) is 4.98 Å². The second-order valence-corrected chi connectivity index (χ2v) is 7.55. The van der Waals surface area contributed by atoms with Gasteiger partial charge in [-0.05, 0) is 46.0 Å². The van der Waals surface area contributed by atoms with Crippen LogP contribution in [0.3, 0.4) is 0 Å². The predicted molar refractivity (Wildman–Crippen MR) is 77.2 cm³/mol. The first-order valence-electron chi connectivity index (χ1n) is 6.97. The Hall–Kier alpha value is -0.610. The number of hydrogen-bond donors (Lipinski definition) is 1. The van der Waals surface area contributed by atoms with Crippen LogP contribution in [0.1, 0.15) is 45.7 Å². The number of fused-ring (bicyclic) bond motifs is 2. The Bertz CT molecular complexity index is 421. The van der Waals surface area contributed by atoms with E-state index in [0.717, 1.165) is 18.5 Å². The summed E-state index contributed by atoms with van der Waals surface area (Å²) in [5, 5.41) is 6.95. The lowest BCUT2D eigenvalue weighted by atomic mass is 10.1. The van der Waals surface area contributed by atoms with Crippen molar-refractivity contribution in [2.24, 2.45) is 5.92 Å². The number of piperidine rings is 1. The topological polar surface area (TPSA) is 28.2 Å². The maximum Gasteiger partial charge on any atom is 0.185 e. The third kappa shape index (κ3) is 2.54. The Labute approximate surface area is 114 Å². The minimum Gasteiger partial charge on any atom is -0.345 e. The maximum absolute atomic E-state index is 4.80. The van der Waals surface area contributed by atoms with Crippen LogP contribution in [0, 0.1) is 5.92 Å². The van der Waals surface area contributed by atoms with Crippen LogP contribution in [0.15, 0.2) is 5.38 Å². The van der Waals surface area contributed by atoms with Gasteiger partial charge in [-0.2, -0.15) is 0 Å². The van der Waals surface area contributed by atoms with Crippen LogP contribution >= 0.6 is 11.3 Å². The first-order valence-corrected chi connectivity index (χ1v) is 7.85. The van der Waals surface area contributed by atoms with Gasteiger partial charge in [0, 0.05) is 30.1 Å². The van der Waals surface area contributed by atoms with Crippen LogP contribution in [0.4, 0.5) is 5.13 Å². The molecule has 3 rings (SSSR count). The first-order chi connectivity index (χ1) is 8.51. The molecular formula is C14H23N3S. The van der Waals surface area contributed by atoms with E-state index in [1.165, 1.54) is 36.6 Å². The molecule has 1 saturated heterocycles. The van der Waals surface area contributed by atoms with E-state index < -0.39 is 0 Å². The molecule has 0 aromatic carbocycles. The lowest BCUT2D eigenvalue weighted by Gasteiger charge is -2.26. The average Bonchev–Trinajstić information content (AvgIpc) is 3.01. The van der Waals surface area contributed by atoms with Crippen molar-refractivity contribution in [3.63, 3.8) is 0 Å². The Kier molecular flexibility index (Phi) is 3.10. The monoisotopic (exact) mass is 265 g/mol. The summed E-state index contributed by atoms with van der Waals surface area (Å²) >= 11 is 1.81. The van der Waals surface area contributed by atoms with Crippen molar-refractivity contribution >= 4 is 16.5 Å². The molecule has 0 spiro atoms. The highest BCUT2D eigenvalue weighted by Crippen LogP contribution is 2.40. The third-order valence-corrected chi connectivity index (χ3v) is 4.92. The smallest absolute Gasteiger partial charge is 0.185 e. The zero-order valence-corrected chi connectivity index (χ0v) is 12.4. The number of hydrogen-bond acceptors (Lipinski definition) is 4. The van der Waals surface area contributed by atoms with Crippen LogP contribution < -0.4 is 10.2 Å². The lowest BCUT2D eigenvalue weighted by Crippen LogP contribution is -2.35. The van der Waals surface area contributed by atoms with E-state index >= 15 is 0 Å². The Morgan fingerprint density at radius 3 is 2.89 bits per heavy atom. The first kappa shape index (κ1) is 12.4. The van der Waals surface area contributed by atoms with Crippen molar-refractivity contribution in [1.29, 1.82) is 0 Å². The summed E-state index contributed by atoms with van der Waals surface area (Å²) in [6.45, 7) is 8.70. The average molecular weight is 265 g/mol. The molecule has 2 aliphatic rings. The van der Waals surface area contributed by atoms with Gasteiger partial charge in [0.05, 0.1) is 5.69 Å². The molecule has 0 amide bonds. The largest absolute Gasteiger partial charge is 0.345 e. The zero-order valence-electron chi connectivity index (χ0n) is 11.6. The van der Waals surface area contributed by atoms with Gasteiger partial charge in [0.2, 0.25) is 0 Å². The SMILES string of the molecule is CC(C)(C)NCc1csc(N2CC3CCC2C3)n1. The third-order valence-electron chi connectivity index (χ3n) is 3.99. The van der Waals surface area contributed by atoms with E-state index in [-0.39, 0.29) is 5.54 Å². The summed E-state index contributed by atoms with van der Waals surface area (Å²) < 4.78 is 0. The number of rotatable bonds is 3. The fourth-order valence-corrected chi connectivity index (χ4v) is 3.93. The summed E-state index contributed by atoms with van der Waals surface area (Å²) in [6, 6.07) is 0.782. The van der Waals surface area contributed by atoms with E-state index in [9.17, 15) is 0 Å². The van der Waals surface area contributed by atoms with Gasteiger partial charge in [-0.3, -0.25) is 0 Å². The number of nitrogens with one attached hydrogen (secondary N) is 1. The van der Waals surface area contributed by atoms with Gasteiger partial charge >= 0.3 is 0 Å². The van der Waals surface area contributed by atoms with Gasteiger partial charge in [-0.15, -0.1) is 11.3 Å². The van der Waals surface area contributed by atoms with Crippen LogP contribution in [0.5, 0.6) is 0 Å². The molecular weight excluding hydrogens is 242 g/mol. The van der Waals surface area contributed by atoms with Crippen molar-refractivity contribution < 1.29 is 0 Å². The molecule has 4 heteroatoms. The number of nitrogens with zero attached hydrogens (tertiary/aromatic N) is 2. The maximum atomic E-state index is 4.80. The molecule has 2 atom stereocenters. The van der Waals surface area contributed by atoms with Gasteiger partial charge in [-0.1, -0.05) is 0 Å². The highest BCUT2D eigenvalue weighted by Gasteiger charge is 2.38. The summed E-state index contributed by atoms with van der Waals surface area (Å²) in [5.41, 5.74) is 1.35. The molecule has 1 N–H and O–H groups in total. The highest BCUT2D eigenvalue weighted by molar-refractivity contribution is 7.13. The second kappa shape index (κ2) is 4.49. The lowest BCUT2D eigenvalue weighted by molar-refractivity contribution is 0.421. The molecule has 1 aliphatic heterocycles. The molecule has 2 fully saturated rings. The van der Waals surface area contributed by atoms with Gasteiger partial charge in [0.1, 0.15) is 0 Å². The minimum atomic E-state index is 0.163. The van der Waals surface area contributed by atoms with Crippen LogP contribution in [0.25, 0.3) is 0 Å². The molecule has 2 unspecified atom stereocenters. The number of thiazole rings is 1. The Morgan fingerprint density at radius 1 is 1.44 bits per heavy atom. The molecule has 1 aromatic rings. The molecule has 3 nitrogen and oxygen atoms in total. The van der Waals surface area contributed by atoms with Crippen LogP contribution in [0.2, 0.25) is 0 Å². The van der Waals surface area contributed by atoms with Crippen molar-refractivity contribution in [2.75, 3.05) is 11.4 Å². The highest BCUT2D eigenvalue weighted by atomic mass is 32.1. The molecule has 100 valence electrons. The van der Waals surface area contributed by atoms with Gasteiger partial charge in [0.15, 0.2) is 5.13 Å². The van der Waals surface area contributed by atoms with Crippen LogP contribution in [-0.4, -0.2) is 23.1 Å². The normalized spacial score (nSPS) is 27.2. The van der Waals surface area contributed by atoms with Gasteiger partial charge < -0.3 is 10.2 Å². The summed E-state index contributed by atoms with van der Waals surface area (Å²) in [4.78, 5) is 7.34. The minimum absolute atomic E-state index is 0.163. The Balaban J connectivity index is 1.63. The Morgan fingerprint density at radius 2 is 2.28 bits per heavy atom. The van der Waals surface area contributed by atoms with Crippen LogP contribution in [-0.2, 0) is 6.54 Å². The van der Waals surface area contributed by atoms with Crippen molar-refractivity contribution in [3.05, 3.63) is 11.1 Å². The van der Waals surface area contributed by atoms with Crippen molar-refractivity contribution in [3.8, 4) is 0 Å². The second-order valence-electron chi connectivity index (χ2n) is 6.71. The van der Waals surface area contributed by atoms with Crippen molar-refractivity contribution in [1.82, 2.24) is 10.3 Å². The van der Waals surface area contributed by atoms with Crippen molar-refractivity contribution in [2.45, 2.75) is 58.2 Å². The fraction of sp³-hybridized carbons (Fsp3) is 0.786. The molecule has 1 aromatic heterocycles. The van der Waals surface area contributed by atoms with E-state index in [1.54, 1.807) is 0 Å². The fourth-order valence-electron chi connectivity index (χ4n) is 3.02. The molecule has 18 heavy (non-hydrogen) atoms. The summed E-state index contributed by atoms with van der Waals surface area (Å²) in [5.74, 6) is 0.940. The van der Waals surface area contributed by atoms with Gasteiger partial charge in [0.25, 0.3) is 0 Å². The molecule has 1 saturated carbocycles.